The van der Waals surface area contributed by atoms with Gasteiger partial charge in [0, 0.05) is 42.4 Å². The lowest BCUT2D eigenvalue weighted by atomic mass is 9.56. The van der Waals surface area contributed by atoms with Crippen molar-refractivity contribution < 1.29 is 23.5 Å². The van der Waals surface area contributed by atoms with Crippen LogP contribution in [0.3, 0.4) is 0 Å². The molecule has 1 aliphatic heterocycles. The summed E-state index contributed by atoms with van der Waals surface area (Å²) in [6, 6.07) is 30.3. The van der Waals surface area contributed by atoms with E-state index in [9.17, 15) is 14.9 Å². The van der Waals surface area contributed by atoms with Crippen LogP contribution in [0.1, 0.15) is 118 Å². The van der Waals surface area contributed by atoms with Gasteiger partial charge >= 0.3 is 0 Å². The summed E-state index contributed by atoms with van der Waals surface area (Å²) in [6.07, 6.45) is 13.7. The Kier molecular flexibility index (Phi) is 18.4. The first-order chi connectivity index (χ1) is 32.8. The summed E-state index contributed by atoms with van der Waals surface area (Å²) < 4.78 is 28.0. The number of methoxy groups -OCH3 is 2. The molecule has 14 heteroatoms. The minimum atomic E-state index is -1.19. The number of H-pyrrole nitrogens is 1. The number of hydrogen-bond donors (Lipinski definition) is 2. The van der Waals surface area contributed by atoms with Gasteiger partial charge in [-0.05, 0) is 80.5 Å². The van der Waals surface area contributed by atoms with E-state index in [1.165, 1.54) is 16.7 Å². The zero-order chi connectivity index (χ0) is 50.7. The van der Waals surface area contributed by atoms with Crippen LogP contribution >= 0.6 is 8.30 Å². The summed E-state index contributed by atoms with van der Waals surface area (Å²) in [5, 5.41) is 12.3. The average Bonchev–Trinajstić information content (AvgIpc) is 3.95. The van der Waals surface area contributed by atoms with E-state index >= 15 is 0 Å². The van der Waals surface area contributed by atoms with Crippen molar-refractivity contribution in [1.29, 1.82) is 5.26 Å². The molecule has 3 heterocycles. The number of amides is 1. The smallest absolute Gasteiger partial charge is 0.280 e. The maximum atomic E-state index is 12.9. The molecule has 366 valence electrons. The number of rotatable bonds is 18. The maximum absolute atomic E-state index is 12.9. The number of nitrogens with one attached hydrogen (secondary N) is 2. The fourth-order valence-corrected chi connectivity index (χ4v) is 12.1. The number of benzene rings is 3. The standard InChI is InChI=1S/C30H42N7O4P.C25H28O2/c1-10-13-21(16-31)17-40-42(37(19(4)5)20(6)7)23-15-24(41-22(23)12-3)36-18-32-25-26(36)33-29(34-27(25)38)35-28(39)30(8,9)14-11-2;1-24(2,3)25(19-9-7-6-8-10-19,20-11-15-22(26-4)16-12-20)21-13-17-23(27-5)18-14-21/h1-2,18-24H,12-15,17H2,3-9H3,(H2,33,34,35,38,39);6-18H,1-5H3/t21?,22-,23-,24-,42?;/m1./s1. The lowest BCUT2D eigenvalue weighted by Crippen LogP contribution is -2.42. The number of anilines is 1. The molecule has 1 aliphatic rings. The van der Waals surface area contributed by atoms with Gasteiger partial charge in [-0.1, -0.05) is 96.1 Å². The Hall–Kier alpha value is -6.00. The van der Waals surface area contributed by atoms with Crippen molar-refractivity contribution >= 4 is 31.3 Å². The van der Waals surface area contributed by atoms with Crippen molar-refractivity contribution in [3.8, 4) is 42.3 Å². The molecule has 0 saturated carbocycles. The SMILES string of the molecule is C#CCC(C#N)COP([C@@H]1C[C@H](n2cnc3c(=O)[nH]c(NC(=O)C(C)(C)CC#C)nc32)O[C@@H]1CC)N(C(C)C)C(C)C.COc1ccc(C(c2ccccc2)(c2ccc(OC)cc2)C(C)(C)C)cc1. The van der Waals surface area contributed by atoms with Crippen LogP contribution in [0.2, 0.25) is 0 Å². The molecule has 1 amide bonds. The second kappa shape index (κ2) is 23.5. The topological polar surface area (TPSA) is 157 Å². The number of fused-ring (bicyclic) bond motifs is 1. The first kappa shape index (κ1) is 53.9. The van der Waals surface area contributed by atoms with Crippen LogP contribution in [-0.2, 0) is 19.5 Å². The predicted octanol–water partition coefficient (Wildman–Crippen LogP) is 10.9. The van der Waals surface area contributed by atoms with Gasteiger partial charge in [0.15, 0.2) is 11.2 Å². The Morgan fingerprint density at radius 3 is 1.97 bits per heavy atom. The Morgan fingerprint density at radius 1 is 0.928 bits per heavy atom. The number of ether oxygens (including phenoxy) is 3. The van der Waals surface area contributed by atoms with Gasteiger partial charge in [0.1, 0.15) is 26.0 Å². The highest BCUT2D eigenvalue weighted by molar-refractivity contribution is 7.51. The third-order valence-electron chi connectivity index (χ3n) is 12.6. The third kappa shape index (κ3) is 12.1. The number of nitrogens with zero attached hydrogens (tertiary/aromatic N) is 5. The van der Waals surface area contributed by atoms with Gasteiger partial charge in [-0.3, -0.25) is 29.1 Å². The van der Waals surface area contributed by atoms with Crippen LogP contribution in [-0.4, -0.2) is 74.8 Å². The number of aromatic nitrogens is 4. The summed E-state index contributed by atoms with van der Waals surface area (Å²) in [5.74, 6) is 6.07. The van der Waals surface area contributed by atoms with E-state index in [2.05, 4.69) is 153 Å². The van der Waals surface area contributed by atoms with Crippen LogP contribution < -0.4 is 20.3 Å². The van der Waals surface area contributed by atoms with Crippen molar-refractivity contribution in [2.24, 2.45) is 16.7 Å². The first-order valence-corrected chi connectivity index (χ1v) is 24.8. The lowest BCUT2D eigenvalue weighted by molar-refractivity contribution is -0.123. The molecular weight excluding hydrogens is 886 g/mol. The number of aromatic amines is 1. The van der Waals surface area contributed by atoms with Crippen molar-refractivity contribution in [2.75, 3.05) is 26.1 Å². The Labute approximate surface area is 410 Å². The molecule has 5 aromatic rings. The van der Waals surface area contributed by atoms with Crippen molar-refractivity contribution in [3.63, 3.8) is 0 Å². The monoisotopic (exact) mass is 956 g/mol. The molecule has 2 unspecified atom stereocenters. The third-order valence-corrected chi connectivity index (χ3v) is 15.5. The maximum Gasteiger partial charge on any atom is 0.280 e. The highest BCUT2D eigenvalue weighted by Crippen LogP contribution is 2.57. The Bertz CT molecular complexity index is 2600. The van der Waals surface area contributed by atoms with Gasteiger partial charge < -0.3 is 18.7 Å². The molecular formula is C55H70N7O6P. The molecule has 1 saturated heterocycles. The van der Waals surface area contributed by atoms with E-state index in [4.69, 9.17) is 31.6 Å². The molecule has 3 aromatic carbocycles. The lowest BCUT2D eigenvalue weighted by Gasteiger charge is -2.47. The van der Waals surface area contributed by atoms with Crippen LogP contribution in [0.25, 0.3) is 11.2 Å². The quantitative estimate of drug-likeness (QED) is 0.0492. The molecule has 0 radical (unpaired) electrons. The zero-order valence-corrected chi connectivity index (χ0v) is 43.3. The van der Waals surface area contributed by atoms with Crippen molar-refractivity contribution in [1.82, 2.24) is 24.2 Å². The van der Waals surface area contributed by atoms with Gasteiger partial charge in [0.2, 0.25) is 11.9 Å². The fourth-order valence-electron chi connectivity index (χ4n) is 9.30. The van der Waals surface area contributed by atoms with Gasteiger partial charge in [-0.2, -0.15) is 10.2 Å². The molecule has 69 heavy (non-hydrogen) atoms. The van der Waals surface area contributed by atoms with E-state index < -0.39 is 31.4 Å². The first-order valence-electron chi connectivity index (χ1n) is 23.6. The van der Waals surface area contributed by atoms with Crippen molar-refractivity contribution in [2.45, 2.75) is 130 Å². The zero-order valence-electron chi connectivity index (χ0n) is 42.4. The average molecular weight is 956 g/mol. The molecule has 13 nitrogen and oxygen atoms in total. The number of nitriles is 1. The Morgan fingerprint density at radius 2 is 1.49 bits per heavy atom. The molecule has 2 N–H and O–H groups in total. The summed E-state index contributed by atoms with van der Waals surface area (Å²) >= 11 is 0. The normalized spacial score (nSPS) is 17.1. The van der Waals surface area contributed by atoms with E-state index in [1.54, 1.807) is 39.0 Å². The number of imidazole rings is 1. The minimum Gasteiger partial charge on any atom is -0.497 e. The summed E-state index contributed by atoms with van der Waals surface area (Å²) in [7, 11) is 2.21. The second-order valence-electron chi connectivity index (χ2n) is 19.5. The molecule has 1 fully saturated rings. The molecule has 0 spiro atoms. The van der Waals surface area contributed by atoms with Gasteiger partial charge in [-0.25, -0.2) is 4.98 Å². The summed E-state index contributed by atoms with van der Waals surface area (Å²) in [6.45, 7) is 21.2. The van der Waals surface area contributed by atoms with Crippen LogP contribution in [0.4, 0.5) is 5.95 Å². The van der Waals surface area contributed by atoms with Crippen LogP contribution in [0, 0.1) is 52.8 Å². The van der Waals surface area contributed by atoms with E-state index in [1.807, 2.05) is 24.3 Å². The number of carbonyl (C=O) groups excluding carboxylic acids is 1. The molecule has 0 bridgehead atoms. The molecule has 0 aliphatic carbocycles. The Balaban J connectivity index is 0.000000282. The minimum absolute atomic E-state index is 0.00756. The van der Waals surface area contributed by atoms with E-state index in [0.29, 0.717) is 18.5 Å². The molecule has 2 aromatic heterocycles. The summed E-state index contributed by atoms with van der Waals surface area (Å²) in [5.41, 5.74) is 2.51. The number of hydrogen-bond acceptors (Lipinski definition) is 10. The van der Waals surface area contributed by atoms with E-state index in [-0.39, 0.29) is 65.1 Å². The van der Waals surface area contributed by atoms with Crippen LogP contribution in [0.5, 0.6) is 11.5 Å². The van der Waals surface area contributed by atoms with Crippen LogP contribution in [0.15, 0.2) is 90.0 Å². The molecule has 6 rings (SSSR count). The largest absolute Gasteiger partial charge is 0.497 e. The molecule has 5 atom stereocenters. The number of carbonyl (C=O) groups is 1. The van der Waals surface area contributed by atoms with Gasteiger partial charge in [0.05, 0.1) is 50.7 Å². The predicted molar refractivity (Wildman–Crippen MR) is 276 cm³/mol. The summed E-state index contributed by atoms with van der Waals surface area (Å²) in [4.78, 5) is 37.2. The fraction of sp³-hybridized carbons (Fsp3) is 0.473. The second-order valence-corrected chi connectivity index (χ2v) is 21.5. The highest BCUT2D eigenvalue weighted by Gasteiger charge is 2.47. The highest BCUT2D eigenvalue weighted by atomic mass is 31.2. The van der Waals surface area contributed by atoms with Crippen molar-refractivity contribution in [3.05, 3.63) is 112 Å². The van der Waals surface area contributed by atoms with Gasteiger partial charge in [0.25, 0.3) is 5.56 Å². The number of terminal acetylenes is 2. The van der Waals surface area contributed by atoms with E-state index in [0.717, 1.165) is 17.9 Å². The van der Waals surface area contributed by atoms with Gasteiger partial charge in [-0.15, -0.1) is 24.7 Å².